The van der Waals surface area contributed by atoms with Crippen LogP contribution in [0.4, 0.5) is 0 Å². The molecule has 0 spiro atoms. The SMILES string of the molecule is O=C(CCn1cnc2sccc2c1=O)NCc1ccc(OCC2CCCO2)cc1. The van der Waals surface area contributed by atoms with Crippen molar-refractivity contribution in [1.82, 2.24) is 14.9 Å². The Balaban J connectivity index is 1.22. The first kappa shape index (κ1) is 19.6. The molecular formula is C21H23N3O4S. The molecule has 0 bridgehead atoms. The van der Waals surface area contributed by atoms with Crippen LogP contribution in [-0.2, 0) is 22.6 Å². The van der Waals surface area contributed by atoms with Crippen molar-refractivity contribution in [3.8, 4) is 5.75 Å². The third kappa shape index (κ3) is 5.02. The van der Waals surface area contributed by atoms with Gasteiger partial charge in [0.2, 0.25) is 5.91 Å². The molecule has 1 atom stereocenters. The lowest BCUT2D eigenvalue weighted by molar-refractivity contribution is -0.121. The highest BCUT2D eigenvalue weighted by Crippen LogP contribution is 2.17. The second kappa shape index (κ2) is 9.19. The van der Waals surface area contributed by atoms with E-state index in [1.54, 1.807) is 6.07 Å². The highest BCUT2D eigenvalue weighted by molar-refractivity contribution is 7.16. The smallest absolute Gasteiger partial charge is 0.262 e. The van der Waals surface area contributed by atoms with Crippen molar-refractivity contribution in [3.05, 3.63) is 58.0 Å². The Morgan fingerprint density at radius 3 is 2.97 bits per heavy atom. The van der Waals surface area contributed by atoms with Gasteiger partial charge < -0.3 is 14.8 Å². The molecule has 1 N–H and O–H groups in total. The van der Waals surface area contributed by atoms with Crippen LogP contribution in [0.1, 0.15) is 24.8 Å². The van der Waals surface area contributed by atoms with Gasteiger partial charge in [0.1, 0.15) is 17.2 Å². The molecule has 1 aliphatic rings. The molecule has 152 valence electrons. The number of aromatic nitrogens is 2. The maximum Gasteiger partial charge on any atom is 0.262 e. The van der Waals surface area contributed by atoms with Crippen molar-refractivity contribution in [3.63, 3.8) is 0 Å². The third-order valence-electron chi connectivity index (χ3n) is 4.90. The van der Waals surface area contributed by atoms with E-state index < -0.39 is 0 Å². The number of nitrogens with one attached hydrogen (secondary N) is 1. The number of aryl methyl sites for hydroxylation is 1. The minimum atomic E-state index is -0.110. The second-order valence-electron chi connectivity index (χ2n) is 7.00. The number of fused-ring (bicyclic) bond motifs is 1. The van der Waals surface area contributed by atoms with E-state index in [4.69, 9.17) is 9.47 Å². The lowest BCUT2D eigenvalue weighted by atomic mass is 10.2. The van der Waals surface area contributed by atoms with Crippen molar-refractivity contribution in [2.24, 2.45) is 0 Å². The van der Waals surface area contributed by atoms with Gasteiger partial charge in [0, 0.05) is 26.1 Å². The van der Waals surface area contributed by atoms with E-state index in [-0.39, 0.29) is 24.0 Å². The molecule has 0 radical (unpaired) electrons. The van der Waals surface area contributed by atoms with Crippen LogP contribution < -0.4 is 15.6 Å². The van der Waals surface area contributed by atoms with Crippen LogP contribution in [0.15, 0.2) is 46.8 Å². The zero-order chi connectivity index (χ0) is 20.1. The number of ether oxygens (including phenoxy) is 2. The predicted octanol–water partition coefficient (Wildman–Crippen LogP) is 2.72. The van der Waals surface area contributed by atoms with E-state index in [1.807, 2.05) is 29.6 Å². The molecule has 8 heteroatoms. The first-order valence-corrected chi connectivity index (χ1v) is 10.6. The van der Waals surface area contributed by atoms with Crippen LogP contribution >= 0.6 is 11.3 Å². The van der Waals surface area contributed by atoms with Gasteiger partial charge in [0.25, 0.3) is 5.56 Å². The molecule has 1 amide bonds. The van der Waals surface area contributed by atoms with Gasteiger partial charge >= 0.3 is 0 Å². The van der Waals surface area contributed by atoms with Crippen LogP contribution in [-0.4, -0.2) is 34.8 Å². The minimum absolute atomic E-state index is 0.109. The topological polar surface area (TPSA) is 82.5 Å². The molecular weight excluding hydrogens is 390 g/mol. The molecule has 0 aliphatic carbocycles. The molecule has 29 heavy (non-hydrogen) atoms. The van der Waals surface area contributed by atoms with Gasteiger partial charge in [-0.3, -0.25) is 14.2 Å². The van der Waals surface area contributed by atoms with Crippen molar-refractivity contribution in [2.75, 3.05) is 13.2 Å². The average Bonchev–Trinajstić information content (AvgIpc) is 3.43. The van der Waals surface area contributed by atoms with Gasteiger partial charge in [-0.2, -0.15) is 0 Å². The summed E-state index contributed by atoms with van der Waals surface area (Å²) < 4.78 is 12.8. The molecule has 4 rings (SSSR count). The number of rotatable bonds is 8. The normalized spacial score (nSPS) is 16.2. The van der Waals surface area contributed by atoms with Gasteiger partial charge in [-0.1, -0.05) is 12.1 Å². The first-order chi connectivity index (χ1) is 14.2. The number of benzene rings is 1. The van der Waals surface area contributed by atoms with Crippen LogP contribution in [0.2, 0.25) is 0 Å². The number of amides is 1. The number of hydrogen-bond acceptors (Lipinski definition) is 6. The van der Waals surface area contributed by atoms with Crippen LogP contribution in [0.25, 0.3) is 10.2 Å². The second-order valence-corrected chi connectivity index (χ2v) is 7.89. The Bertz CT molecular complexity index is 1020. The van der Waals surface area contributed by atoms with Crippen LogP contribution in [0.3, 0.4) is 0 Å². The van der Waals surface area contributed by atoms with Gasteiger partial charge in [-0.05, 0) is 42.0 Å². The molecule has 1 unspecified atom stereocenters. The predicted molar refractivity (Wildman–Crippen MR) is 111 cm³/mol. The maximum absolute atomic E-state index is 12.3. The zero-order valence-electron chi connectivity index (χ0n) is 16.0. The number of carbonyl (C=O) groups excluding carboxylic acids is 1. The van der Waals surface area contributed by atoms with Gasteiger partial charge in [-0.15, -0.1) is 11.3 Å². The third-order valence-corrected chi connectivity index (χ3v) is 5.72. The number of hydrogen-bond donors (Lipinski definition) is 1. The average molecular weight is 413 g/mol. The summed E-state index contributed by atoms with van der Waals surface area (Å²) in [4.78, 5) is 29.4. The van der Waals surface area contributed by atoms with Crippen molar-refractivity contribution < 1.29 is 14.3 Å². The van der Waals surface area contributed by atoms with E-state index in [2.05, 4.69) is 10.3 Å². The van der Waals surface area contributed by atoms with Crippen molar-refractivity contribution in [2.45, 2.75) is 38.5 Å². The lowest BCUT2D eigenvalue weighted by Crippen LogP contribution is -2.27. The Hall–Kier alpha value is -2.71. The fourth-order valence-corrected chi connectivity index (χ4v) is 3.96. The summed E-state index contributed by atoms with van der Waals surface area (Å²) in [6, 6.07) is 9.43. The van der Waals surface area contributed by atoms with Crippen LogP contribution in [0.5, 0.6) is 5.75 Å². The fourth-order valence-electron chi connectivity index (χ4n) is 3.23. The zero-order valence-corrected chi connectivity index (χ0v) is 16.8. The quantitative estimate of drug-likeness (QED) is 0.614. The molecule has 1 saturated heterocycles. The molecule has 2 aromatic heterocycles. The van der Waals surface area contributed by atoms with Gasteiger partial charge in [-0.25, -0.2) is 4.98 Å². The summed E-state index contributed by atoms with van der Waals surface area (Å²) in [6.07, 6.45) is 4.06. The Morgan fingerprint density at radius 1 is 1.31 bits per heavy atom. The molecule has 1 aromatic carbocycles. The van der Waals surface area contributed by atoms with E-state index in [0.29, 0.717) is 25.1 Å². The molecule has 3 aromatic rings. The summed E-state index contributed by atoms with van der Waals surface area (Å²) in [5.41, 5.74) is 0.879. The summed E-state index contributed by atoms with van der Waals surface area (Å²) in [6.45, 7) is 2.13. The van der Waals surface area contributed by atoms with Crippen molar-refractivity contribution >= 4 is 27.5 Å². The summed E-state index contributed by atoms with van der Waals surface area (Å²) >= 11 is 1.43. The summed E-state index contributed by atoms with van der Waals surface area (Å²) in [5.74, 6) is 0.687. The van der Waals surface area contributed by atoms with E-state index in [1.165, 1.54) is 22.2 Å². The molecule has 0 saturated carbocycles. The highest BCUT2D eigenvalue weighted by atomic mass is 32.1. The Kier molecular flexibility index (Phi) is 6.21. The number of thiophene rings is 1. The largest absolute Gasteiger partial charge is 0.491 e. The van der Waals surface area contributed by atoms with Gasteiger partial charge in [0.15, 0.2) is 0 Å². The molecule has 3 heterocycles. The van der Waals surface area contributed by atoms with Gasteiger partial charge in [0.05, 0.1) is 17.8 Å². The fraction of sp³-hybridized carbons (Fsp3) is 0.381. The molecule has 1 fully saturated rings. The van der Waals surface area contributed by atoms with E-state index in [9.17, 15) is 9.59 Å². The summed E-state index contributed by atoms with van der Waals surface area (Å²) in [7, 11) is 0. The highest BCUT2D eigenvalue weighted by Gasteiger charge is 2.15. The van der Waals surface area contributed by atoms with E-state index in [0.717, 1.165) is 35.6 Å². The Labute approximate surface area is 172 Å². The monoisotopic (exact) mass is 413 g/mol. The van der Waals surface area contributed by atoms with E-state index >= 15 is 0 Å². The minimum Gasteiger partial charge on any atom is -0.491 e. The standard InChI is InChI=1S/C21H23N3O4S/c25-19(7-9-24-14-23-20-18(21(24)26)8-11-29-20)22-12-15-3-5-16(6-4-15)28-13-17-2-1-10-27-17/h3-6,8,11,14,17H,1-2,7,9-10,12-13H2,(H,22,25). The summed E-state index contributed by atoms with van der Waals surface area (Å²) in [5, 5.41) is 5.32. The molecule has 7 nitrogen and oxygen atoms in total. The number of carbonyl (C=O) groups is 1. The van der Waals surface area contributed by atoms with Crippen molar-refractivity contribution in [1.29, 1.82) is 0 Å². The Morgan fingerprint density at radius 2 is 2.17 bits per heavy atom. The number of nitrogens with zero attached hydrogens (tertiary/aromatic N) is 2. The first-order valence-electron chi connectivity index (χ1n) is 9.72. The van der Waals surface area contributed by atoms with Crippen LogP contribution in [0, 0.1) is 0 Å². The molecule has 1 aliphatic heterocycles. The maximum atomic E-state index is 12.3. The lowest BCUT2D eigenvalue weighted by Gasteiger charge is -2.12.